The van der Waals surface area contributed by atoms with Crippen molar-refractivity contribution in [1.29, 1.82) is 0 Å². The van der Waals surface area contributed by atoms with Crippen molar-refractivity contribution in [1.82, 2.24) is 9.78 Å². The zero-order valence-electron chi connectivity index (χ0n) is 7.83. The number of hydrogen-bond donors (Lipinski definition) is 2. The fourth-order valence-electron chi connectivity index (χ4n) is 1.61. The highest BCUT2D eigenvalue weighted by Gasteiger charge is 2.18. The molecule has 1 fully saturated rings. The molecule has 5 nitrogen and oxygen atoms in total. The van der Waals surface area contributed by atoms with Crippen molar-refractivity contribution >= 4 is 12.6 Å². The highest BCUT2D eigenvalue weighted by molar-refractivity contribution is 6.58. The van der Waals surface area contributed by atoms with Crippen LogP contribution in [0, 0.1) is 0 Å². The minimum atomic E-state index is -1.44. The minimum absolute atomic E-state index is 0.221. The molecule has 76 valence electrons. The summed E-state index contributed by atoms with van der Waals surface area (Å²) in [4.78, 5) is 0. The first kappa shape index (κ1) is 9.70. The van der Waals surface area contributed by atoms with Crippen molar-refractivity contribution in [3.8, 4) is 0 Å². The molecule has 0 spiro atoms. The number of ether oxygens (including phenoxy) is 1. The molecular formula is C8H13BN2O3. The third-order valence-electron chi connectivity index (χ3n) is 2.37. The number of nitrogens with zero attached hydrogens (tertiary/aromatic N) is 2. The summed E-state index contributed by atoms with van der Waals surface area (Å²) < 4.78 is 7.13. The maximum absolute atomic E-state index is 8.87. The maximum atomic E-state index is 8.87. The van der Waals surface area contributed by atoms with Crippen molar-refractivity contribution in [2.45, 2.75) is 25.5 Å². The second-order valence-electron chi connectivity index (χ2n) is 3.50. The Morgan fingerprint density at radius 2 is 2.50 bits per heavy atom. The van der Waals surface area contributed by atoms with E-state index in [1.165, 1.54) is 6.20 Å². The van der Waals surface area contributed by atoms with E-state index < -0.39 is 7.12 Å². The smallest absolute Gasteiger partial charge is 0.423 e. The normalized spacial score (nSPS) is 21.4. The van der Waals surface area contributed by atoms with Gasteiger partial charge < -0.3 is 14.8 Å². The van der Waals surface area contributed by atoms with Crippen molar-refractivity contribution < 1.29 is 14.8 Å². The van der Waals surface area contributed by atoms with Gasteiger partial charge in [-0.25, -0.2) is 0 Å². The second kappa shape index (κ2) is 4.12. The first-order valence-corrected chi connectivity index (χ1v) is 4.76. The standard InChI is InChI=1S/C8H13BN2O3/c12-9(13)7-4-10-11(5-7)6-8-2-1-3-14-8/h4-5,8,12-13H,1-3,6H2. The Morgan fingerprint density at radius 1 is 1.64 bits per heavy atom. The molecule has 2 heterocycles. The summed E-state index contributed by atoms with van der Waals surface area (Å²) in [6.45, 7) is 1.51. The van der Waals surface area contributed by atoms with Gasteiger partial charge in [0.2, 0.25) is 0 Å². The van der Waals surface area contributed by atoms with Crippen LogP contribution in [-0.4, -0.2) is 39.7 Å². The Morgan fingerprint density at radius 3 is 3.07 bits per heavy atom. The van der Waals surface area contributed by atoms with Gasteiger partial charge in [0.05, 0.1) is 12.6 Å². The van der Waals surface area contributed by atoms with Crippen molar-refractivity contribution in [3.05, 3.63) is 12.4 Å². The average molecular weight is 196 g/mol. The number of rotatable bonds is 3. The molecule has 0 bridgehead atoms. The summed E-state index contributed by atoms with van der Waals surface area (Å²) in [5, 5.41) is 21.8. The molecule has 1 saturated heterocycles. The van der Waals surface area contributed by atoms with E-state index in [1.54, 1.807) is 10.9 Å². The third kappa shape index (κ3) is 2.15. The zero-order chi connectivity index (χ0) is 9.97. The molecule has 1 aliphatic heterocycles. The highest BCUT2D eigenvalue weighted by Crippen LogP contribution is 2.12. The lowest BCUT2D eigenvalue weighted by molar-refractivity contribution is 0.0940. The minimum Gasteiger partial charge on any atom is -0.423 e. The van der Waals surface area contributed by atoms with E-state index >= 15 is 0 Å². The largest absolute Gasteiger partial charge is 0.491 e. The molecule has 2 N–H and O–H groups in total. The van der Waals surface area contributed by atoms with Gasteiger partial charge in [0.25, 0.3) is 0 Å². The Labute approximate surface area is 82.5 Å². The van der Waals surface area contributed by atoms with E-state index in [1.807, 2.05) is 0 Å². The molecule has 2 rings (SSSR count). The van der Waals surface area contributed by atoms with Crippen LogP contribution < -0.4 is 5.46 Å². The lowest BCUT2D eigenvalue weighted by Crippen LogP contribution is -2.28. The summed E-state index contributed by atoms with van der Waals surface area (Å²) in [7, 11) is -1.44. The molecule has 14 heavy (non-hydrogen) atoms. The SMILES string of the molecule is OB(O)c1cnn(CC2CCCO2)c1. The quantitative estimate of drug-likeness (QED) is 0.592. The summed E-state index contributed by atoms with van der Waals surface area (Å²) >= 11 is 0. The molecule has 1 aliphatic rings. The zero-order valence-corrected chi connectivity index (χ0v) is 7.83. The number of aromatic nitrogens is 2. The van der Waals surface area contributed by atoms with Gasteiger partial charge in [-0.1, -0.05) is 0 Å². The summed E-state index contributed by atoms with van der Waals surface area (Å²) in [6.07, 6.45) is 5.46. The Kier molecular flexibility index (Phi) is 2.86. The molecule has 1 aromatic heterocycles. The van der Waals surface area contributed by atoms with Crippen molar-refractivity contribution in [3.63, 3.8) is 0 Å². The molecule has 6 heteroatoms. The Bertz CT molecular complexity index is 297. The molecule has 0 amide bonds. The van der Waals surface area contributed by atoms with Gasteiger partial charge in [-0.3, -0.25) is 4.68 Å². The Hall–Kier alpha value is -0.845. The highest BCUT2D eigenvalue weighted by atomic mass is 16.5. The van der Waals surface area contributed by atoms with Crippen LogP contribution in [0.15, 0.2) is 12.4 Å². The van der Waals surface area contributed by atoms with Crippen LogP contribution in [0.4, 0.5) is 0 Å². The van der Waals surface area contributed by atoms with Gasteiger partial charge in [0, 0.05) is 24.5 Å². The fraction of sp³-hybridized carbons (Fsp3) is 0.625. The van der Waals surface area contributed by atoms with E-state index in [-0.39, 0.29) is 6.10 Å². The summed E-state index contributed by atoms with van der Waals surface area (Å²) in [5.41, 5.74) is 0.419. The van der Waals surface area contributed by atoms with Crippen LogP contribution in [-0.2, 0) is 11.3 Å². The van der Waals surface area contributed by atoms with E-state index in [0.717, 1.165) is 19.4 Å². The van der Waals surface area contributed by atoms with Gasteiger partial charge in [-0.2, -0.15) is 5.10 Å². The monoisotopic (exact) mass is 196 g/mol. The van der Waals surface area contributed by atoms with E-state index in [2.05, 4.69) is 5.10 Å². The van der Waals surface area contributed by atoms with Crippen molar-refractivity contribution in [2.75, 3.05) is 6.61 Å². The summed E-state index contributed by atoms with van der Waals surface area (Å²) in [6, 6.07) is 0. The lowest BCUT2D eigenvalue weighted by atomic mass is 9.83. The Balaban J connectivity index is 1.95. The lowest BCUT2D eigenvalue weighted by Gasteiger charge is -2.08. The van der Waals surface area contributed by atoms with Crippen LogP contribution in [0.2, 0.25) is 0 Å². The average Bonchev–Trinajstić information content (AvgIpc) is 2.75. The van der Waals surface area contributed by atoms with Crippen LogP contribution in [0.1, 0.15) is 12.8 Å². The molecule has 1 atom stereocenters. The maximum Gasteiger partial charge on any atom is 0.491 e. The van der Waals surface area contributed by atoms with Gasteiger partial charge in [0.15, 0.2) is 0 Å². The van der Waals surface area contributed by atoms with Gasteiger partial charge >= 0.3 is 7.12 Å². The van der Waals surface area contributed by atoms with Crippen LogP contribution in [0.3, 0.4) is 0 Å². The van der Waals surface area contributed by atoms with Gasteiger partial charge in [0.1, 0.15) is 0 Å². The fourth-order valence-corrected chi connectivity index (χ4v) is 1.61. The molecule has 0 saturated carbocycles. The molecule has 0 aromatic carbocycles. The molecule has 0 radical (unpaired) electrons. The number of hydrogen-bond acceptors (Lipinski definition) is 4. The van der Waals surface area contributed by atoms with Crippen molar-refractivity contribution in [2.24, 2.45) is 0 Å². The van der Waals surface area contributed by atoms with Crippen LogP contribution in [0.5, 0.6) is 0 Å². The topological polar surface area (TPSA) is 67.5 Å². The van der Waals surface area contributed by atoms with Gasteiger partial charge in [-0.05, 0) is 12.8 Å². The molecular weight excluding hydrogens is 183 g/mol. The predicted molar refractivity (Wildman–Crippen MR) is 51.0 cm³/mol. The van der Waals surface area contributed by atoms with Gasteiger partial charge in [-0.15, -0.1) is 0 Å². The van der Waals surface area contributed by atoms with Crippen LogP contribution >= 0.6 is 0 Å². The molecule has 1 unspecified atom stereocenters. The van der Waals surface area contributed by atoms with E-state index in [0.29, 0.717) is 12.0 Å². The predicted octanol–water partition coefficient (Wildman–Crippen LogP) is -1.26. The third-order valence-corrected chi connectivity index (χ3v) is 2.37. The first-order chi connectivity index (χ1) is 6.75. The second-order valence-corrected chi connectivity index (χ2v) is 3.50. The molecule has 0 aliphatic carbocycles. The van der Waals surface area contributed by atoms with Crippen LogP contribution in [0.25, 0.3) is 0 Å². The first-order valence-electron chi connectivity index (χ1n) is 4.76. The molecule has 1 aromatic rings. The van der Waals surface area contributed by atoms with E-state index in [4.69, 9.17) is 14.8 Å². The van der Waals surface area contributed by atoms with E-state index in [9.17, 15) is 0 Å². The summed E-state index contributed by atoms with van der Waals surface area (Å²) in [5.74, 6) is 0.